The summed E-state index contributed by atoms with van der Waals surface area (Å²) in [4.78, 5) is -0.280. The van der Waals surface area contributed by atoms with Crippen LogP contribution in [0.5, 0.6) is 5.75 Å². The Kier molecular flexibility index (Phi) is 4.80. The van der Waals surface area contributed by atoms with Crippen LogP contribution in [0.3, 0.4) is 0 Å². The van der Waals surface area contributed by atoms with E-state index in [2.05, 4.69) is 25.8 Å². The number of aromatic nitrogens is 2. The van der Waals surface area contributed by atoms with Crippen LogP contribution >= 0.6 is 15.9 Å². The van der Waals surface area contributed by atoms with Gasteiger partial charge >= 0.3 is 6.61 Å². The minimum Gasteiger partial charge on any atom is -0.432 e. The molecule has 0 bridgehead atoms. The predicted molar refractivity (Wildman–Crippen MR) is 86.7 cm³/mol. The van der Waals surface area contributed by atoms with E-state index in [0.29, 0.717) is 16.6 Å². The molecule has 0 saturated carbocycles. The highest BCUT2D eigenvalue weighted by molar-refractivity contribution is 9.10. The molecule has 1 N–H and O–H groups in total. The molecule has 3 aromatic rings. The Morgan fingerprint density at radius 3 is 2.62 bits per heavy atom. The maximum absolute atomic E-state index is 14.0. The molecule has 138 valence electrons. The highest BCUT2D eigenvalue weighted by atomic mass is 79.9. The molecule has 0 spiro atoms. The van der Waals surface area contributed by atoms with Gasteiger partial charge in [0.15, 0.2) is 17.4 Å². The summed E-state index contributed by atoms with van der Waals surface area (Å²) in [5.74, 6) is -3.68. The fourth-order valence-electron chi connectivity index (χ4n) is 2.14. The van der Waals surface area contributed by atoms with Gasteiger partial charge in [-0.05, 0) is 28.1 Å². The van der Waals surface area contributed by atoms with Crippen molar-refractivity contribution in [2.45, 2.75) is 11.5 Å². The van der Waals surface area contributed by atoms with Crippen molar-refractivity contribution < 1.29 is 30.7 Å². The number of hydrogen-bond donors (Lipinski definition) is 1. The third-order valence-electron chi connectivity index (χ3n) is 3.22. The van der Waals surface area contributed by atoms with Gasteiger partial charge in [0.2, 0.25) is 0 Å². The number of halogens is 5. The number of sulfonamides is 1. The van der Waals surface area contributed by atoms with E-state index in [0.717, 1.165) is 6.20 Å². The summed E-state index contributed by atoms with van der Waals surface area (Å²) in [6.07, 6.45) is 2.54. The lowest BCUT2D eigenvalue weighted by molar-refractivity contribution is -0.0523. The molecular formula is C14H8BrF4N3O3S. The van der Waals surface area contributed by atoms with Gasteiger partial charge in [0, 0.05) is 22.8 Å². The van der Waals surface area contributed by atoms with Crippen LogP contribution in [0, 0.1) is 11.6 Å². The second-order valence-corrected chi connectivity index (χ2v) is 7.50. The number of nitrogens with one attached hydrogen (secondary N) is 1. The smallest absolute Gasteiger partial charge is 0.387 e. The molecule has 2 aromatic heterocycles. The third kappa shape index (κ3) is 3.60. The lowest BCUT2D eigenvalue weighted by Gasteiger charge is -2.11. The third-order valence-corrected chi connectivity index (χ3v) is 5.07. The molecule has 0 unspecified atom stereocenters. The lowest BCUT2D eigenvalue weighted by Crippen LogP contribution is -2.14. The first-order valence-corrected chi connectivity index (χ1v) is 9.04. The summed E-state index contributed by atoms with van der Waals surface area (Å²) in [7, 11) is -4.33. The average molecular weight is 454 g/mol. The molecule has 6 nitrogen and oxygen atoms in total. The molecule has 0 fully saturated rings. The monoisotopic (exact) mass is 453 g/mol. The number of hydrogen-bond acceptors (Lipinski definition) is 4. The summed E-state index contributed by atoms with van der Waals surface area (Å²) in [6.45, 7) is -3.36. The summed E-state index contributed by atoms with van der Waals surface area (Å²) in [5.41, 5.74) is -0.570. The van der Waals surface area contributed by atoms with Gasteiger partial charge in [0.25, 0.3) is 10.0 Å². The Morgan fingerprint density at radius 2 is 1.92 bits per heavy atom. The van der Waals surface area contributed by atoms with Crippen LogP contribution in [-0.4, -0.2) is 24.6 Å². The van der Waals surface area contributed by atoms with E-state index in [1.807, 2.05) is 4.72 Å². The van der Waals surface area contributed by atoms with Gasteiger partial charge in [-0.1, -0.05) is 0 Å². The first kappa shape index (κ1) is 18.5. The van der Waals surface area contributed by atoms with Crippen molar-refractivity contribution in [1.29, 1.82) is 0 Å². The number of nitrogens with zero attached hydrogens (tertiary/aromatic N) is 2. The second-order valence-electron chi connectivity index (χ2n) is 4.93. The molecule has 0 aliphatic heterocycles. The molecule has 26 heavy (non-hydrogen) atoms. The Hall–Kier alpha value is -2.34. The van der Waals surface area contributed by atoms with Gasteiger partial charge in [-0.2, -0.15) is 13.9 Å². The van der Waals surface area contributed by atoms with Crippen molar-refractivity contribution in [3.63, 3.8) is 0 Å². The van der Waals surface area contributed by atoms with E-state index >= 15 is 0 Å². The normalized spacial score (nSPS) is 11.9. The molecule has 1 aromatic carbocycles. The molecule has 0 saturated heterocycles. The molecule has 0 amide bonds. The molecule has 0 aliphatic carbocycles. The van der Waals surface area contributed by atoms with Gasteiger partial charge in [-0.15, -0.1) is 0 Å². The van der Waals surface area contributed by atoms with Crippen molar-refractivity contribution in [1.82, 2.24) is 9.61 Å². The van der Waals surface area contributed by atoms with E-state index in [4.69, 9.17) is 0 Å². The van der Waals surface area contributed by atoms with Gasteiger partial charge in [0.05, 0.1) is 17.4 Å². The summed E-state index contributed by atoms with van der Waals surface area (Å²) < 4.78 is 84.5. The summed E-state index contributed by atoms with van der Waals surface area (Å²) >= 11 is 3.20. The molecule has 3 rings (SSSR count). The quantitative estimate of drug-likeness (QED) is 0.596. The molecule has 0 radical (unpaired) electrons. The van der Waals surface area contributed by atoms with Crippen molar-refractivity contribution in [3.05, 3.63) is 52.8 Å². The highest BCUT2D eigenvalue weighted by Gasteiger charge is 2.23. The van der Waals surface area contributed by atoms with Crippen molar-refractivity contribution >= 4 is 37.2 Å². The standard InChI is InChI=1S/C14H8BrF4N3O3S/c15-7-1-2-11-13(5-20-22(11)6-7)26(23,24)21-10-3-9(17)12(4-8(10)16)25-14(18)19/h1-6,14,21H. The zero-order valence-electron chi connectivity index (χ0n) is 12.5. The van der Waals surface area contributed by atoms with E-state index in [1.165, 1.54) is 16.8 Å². The summed E-state index contributed by atoms with van der Waals surface area (Å²) in [6, 6.07) is 3.77. The fraction of sp³-hybridized carbons (Fsp3) is 0.0714. The second kappa shape index (κ2) is 6.76. The average Bonchev–Trinajstić information content (AvgIpc) is 2.95. The zero-order chi connectivity index (χ0) is 19.1. The van der Waals surface area contributed by atoms with Crippen molar-refractivity contribution in [2.75, 3.05) is 4.72 Å². The molecule has 0 atom stereocenters. The van der Waals surface area contributed by atoms with Crippen LogP contribution < -0.4 is 9.46 Å². The highest BCUT2D eigenvalue weighted by Crippen LogP contribution is 2.29. The zero-order valence-corrected chi connectivity index (χ0v) is 14.9. The van der Waals surface area contributed by atoms with Crippen LogP contribution in [0.2, 0.25) is 0 Å². The topological polar surface area (TPSA) is 72.7 Å². The predicted octanol–water partition coefficient (Wildman–Crippen LogP) is 3.78. The summed E-state index contributed by atoms with van der Waals surface area (Å²) in [5, 5.41) is 3.87. The van der Waals surface area contributed by atoms with Crippen LogP contribution in [0.15, 0.2) is 46.0 Å². The Labute approximate surface area is 152 Å². The van der Waals surface area contributed by atoms with E-state index in [1.54, 1.807) is 6.07 Å². The number of fused-ring (bicyclic) bond motifs is 1. The minimum absolute atomic E-state index is 0.194. The fourth-order valence-corrected chi connectivity index (χ4v) is 3.64. The number of anilines is 1. The molecule has 2 heterocycles. The Balaban J connectivity index is 1.98. The number of ether oxygens (including phenoxy) is 1. The van der Waals surface area contributed by atoms with Crippen molar-refractivity contribution in [2.24, 2.45) is 0 Å². The maximum atomic E-state index is 14.0. The van der Waals surface area contributed by atoms with Crippen LogP contribution in [0.4, 0.5) is 23.2 Å². The van der Waals surface area contributed by atoms with Gasteiger partial charge in [-0.25, -0.2) is 21.7 Å². The van der Waals surface area contributed by atoms with Crippen molar-refractivity contribution in [3.8, 4) is 5.75 Å². The van der Waals surface area contributed by atoms with Gasteiger partial charge in [0.1, 0.15) is 4.90 Å². The maximum Gasteiger partial charge on any atom is 0.387 e. The number of alkyl halides is 2. The first-order chi connectivity index (χ1) is 12.2. The van der Waals surface area contributed by atoms with Gasteiger partial charge < -0.3 is 4.74 Å². The molecular weight excluding hydrogens is 446 g/mol. The lowest BCUT2D eigenvalue weighted by atomic mass is 10.3. The molecule has 12 heteroatoms. The number of benzene rings is 1. The SMILES string of the molecule is O=S(=O)(Nc1cc(F)c(OC(F)F)cc1F)c1cnn2cc(Br)ccc12. The van der Waals surface area contributed by atoms with E-state index < -0.39 is 39.7 Å². The van der Waals surface area contributed by atoms with Crippen LogP contribution in [-0.2, 0) is 10.0 Å². The number of rotatable bonds is 5. The Morgan fingerprint density at radius 1 is 1.19 bits per heavy atom. The van der Waals surface area contributed by atoms with E-state index in [9.17, 15) is 26.0 Å². The van der Waals surface area contributed by atoms with Crippen LogP contribution in [0.25, 0.3) is 5.52 Å². The first-order valence-electron chi connectivity index (χ1n) is 6.77. The number of pyridine rings is 1. The Bertz CT molecular complexity index is 1090. The van der Waals surface area contributed by atoms with Crippen LogP contribution in [0.1, 0.15) is 0 Å². The van der Waals surface area contributed by atoms with Gasteiger partial charge in [-0.3, -0.25) is 4.72 Å². The largest absolute Gasteiger partial charge is 0.432 e. The minimum atomic E-state index is -4.33. The molecule has 0 aliphatic rings. The van der Waals surface area contributed by atoms with E-state index in [-0.39, 0.29) is 10.4 Å².